The van der Waals surface area contributed by atoms with E-state index in [0.29, 0.717) is 24.5 Å². The Bertz CT molecular complexity index is 625. The van der Waals surface area contributed by atoms with E-state index in [1.807, 2.05) is 43.3 Å². The fourth-order valence-electron chi connectivity index (χ4n) is 2.22. The monoisotopic (exact) mass is 299 g/mol. The number of amides is 1. The third kappa shape index (κ3) is 4.25. The van der Waals surface area contributed by atoms with Crippen LogP contribution < -0.4 is 14.8 Å². The van der Waals surface area contributed by atoms with E-state index in [1.165, 1.54) is 0 Å². The Labute approximate surface area is 131 Å². The summed E-state index contributed by atoms with van der Waals surface area (Å²) in [7, 11) is 1.65. The van der Waals surface area contributed by atoms with Gasteiger partial charge in [-0.3, -0.25) is 4.79 Å². The normalized spacial score (nSPS) is 10.1. The zero-order valence-corrected chi connectivity index (χ0v) is 13.0. The Morgan fingerprint density at radius 1 is 1.14 bits per heavy atom. The predicted molar refractivity (Wildman–Crippen MR) is 86.6 cm³/mol. The van der Waals surface area contributed by atoms with E-state index in [4.69, 9.17) is 9.47 Å². The molecule has 0 unspecified atom stereocenters. The van der Waals surface area contributed by atoms with Crippen molar-refractivity contribution in [2.45, 2.75) is 13.3 Å². The third-order valence-corrected chi connectivity index (χ3v) is 3.28. The molecule has 0 atom stereocenters. The van der Waals surface area contributed by atoms with Gasteiger partial charge in [-0.25, -0.2) is 0 Å². The van der Waals surface area contributed by atoms with Gasteiger partial charge < -0.3 is 14.8 Å². The van der Waals surface area contributed by atoms with E-state index < -0.39 is 0 Å². The molecule has 0 aliphatic rings. The molecule has 4 heteroatoms. The van der Waals surface area contributed by atoms with Crippen molar-refractivity contribution in [3.63, 3.8) is 0 Å². The van der Waals surface area contributed by atoms with E-state index in [9.17, 15) is 4.79 Å². The van der Waals surface area contributed by atoms with Gasteiger partial charge >= 0.3 is 0 Å². The molecule has 4 nitrogen and oxygen atoms in total. The van der Waals surface area contributed by atoms with E-state index in [-0.39, 0.29) is 5.91 Å². The molecule has 2 aromatic carbocycles. The van der Waals surface area contributed by atoms with Crippen molar-refractivity contribution in [3.05, 3.63) is 59.7 Å². The lowest BCUT2D eigenvalue weighted by atomic mass is 10.1. The zero-order valence-electron chi connectivity index (χ0n) is 13.0. The molecule has 116 valence electrons. The van der Waals surface area contributed by atoms with Crippen LogP contribution in [-0.4, -0.2) is 26.2 Å². The van der Waals surface area contributed by atoms with Crippen LogP contribution in [0.15, 0.2) is 48.5 Å². The molecule has 0 aliphatic heterocycles. The number of benzene rings is 2. The van der Waals surface area contributed by atoms with Crippen LogP contribution in [0.4, 0.5) is 0 Å². The van der Waals surface area contributed by atoms with E-state index in [0.717, 1.165) is 17.7 Å². The standard InChI is InChI=1S/C18H21NO3/c1-3-22-16-9-6-8-15(13-16)18(20)19-12-11-14-7-4-5-10-17(14)21-2/h4-10,13H,3,11-12H2,1-2H3,(H,19,20). The molecule has 0 aromatic heterocycles. The molecule has 2 rings (SSSR count). The first kappa shape index (κ1) is 15.9. The molecule has 1 N–H and O–H groups in total. The molecule has 0 saturated carbocycles. The maximum absolute atomic E-state index is 12.1. The topological polar surface area (TPSA) is 47.6 Å². The molecule has 0 heterocycles. The predicted octanol–water partition coefficient (Wildman–Crippen LogP) is 3.07. The molecule has 0 fully saturated rings. The van der Waals surface area contributed by atoms with Crippen LogP contribution in [0.2, 0.25) is 0 Å². The SMILES string of the molecule is CCOc1cccc(C(=O)NCCc2ccccc2OC)c1. The summed E-state index contributed by atoms with van der Waals surface area (Å²) in [6.45, 7) is 3.05. The number of rotatable bonds is 7. The second-order valence-corrected chi connectivity index (χ2v) is 4.78. The van der Waals surface area contributed by atoms with Crippen molar-refractivity contribution < 1.29 is 14.3 Å². The van der Waals surface area contributed by atoms with Gasteiger partial charge in [0, 0.05) is 12.1 Å². The van der Waals surface area contributed by atoms with Crippen LogP contribution in [0.3, 0.4) is 0 Å². The van der Waals surface area contributed by atoms with Crippen LogP contribution in [0.25, 0.3) is 0 Å². The lowest BCUT2D eigenvalue weighted by molar-refractivity contribution is 0.0953. The minimum atomic E-state index is -0.101. The first-order chi connectivity index (χ1) is 10.7. The van der Waals surface area contributed by atoms with Gasteiger partial charge in [-0.2, -0.15) is 0 Å². The average molecular weight is 299 g/mol. The van der Waals surface area contributed by atoms with Crippen molar-refractivity contribution in [2.24, 2.45) is 0 Å². The van der Waals surface area contributed by atoms with Crippen LogP contribution in [0, 0.1) is 0 Å². The van der Waals surface area contributed by atoms with E-state index >= 15 is 0 Å². The molecular formula is C18H21NO3. The van der Waals surface area contributed by atoms with Gasteiger partial charge in [0.05, 0.1) is 13.7 Å². The van der Waals surface area contributed by atoms with Gasteiger partial charge in [-0.15, -0.1) is 0 Å². The van der Waals surface area contributed by atoms with Crippen LogP contribution in [-0.2, 0) is 6.42 Å². The zero-order chi connectivity index (χ0) is 15.8. The van der Waals surface area contributed by atoms with Gasteiger partial charge in [-0.1, -0.05) is 24.3 Å². The highest BCUT2D eigenvalue weighted by atomic mass is 16.5. The smallest absolute Gasteiger partial charge is 0.251 e. The highest BCUT2D eigenvalue weighted by Gasteiger charge is 2.07. The van der Waals surface area contributed by atoms with Gasteiger partial charge in [0.25, 0.3) is 5.91 Å². The fourth-order valence-corrected chi connectivity index (χ4v) is 2.22. The quantitative estimate of drug-likeness (QED) is 0.854. The molecule has 0 radical (unpaired) electrons. The second kappa shape index (κ2) is 8.08. The summed E-state index contributed by atoms with van der Waals surface area (Å²) >= 11 is 0. The molecule has 22 heavy (non-hydrogen) atoms. The van der Waals surface area contributed by atoms with Crippen LogP contribution >= 0.6 is 0 Å². The Balaban J connectivity index is 1.91. The largest absolute Gasteiger partial charge is 0.496 e. The summed E-state index contributed by atoms with van der Waals surface area (Å²) in [5.74, 6) is 1.45. The van der Waals surface area contributed by atoms with Gasteiger partial charge in [0.1, 0.15) is 11.5 Å². The minimum Gasteiger partial charge on any atom is -0.496 e. The fraction of sp³-hybridized carbons (Fsp3) is 0.278. The van der Waals surface area contributed by atoms with Crippen molar-refractivity contribution in [3.8, 4) is 11.5 Å². The first-order valence-corrected chi connectivity index (χ1v) is 7.37. The number of hydrogen-bond donors (Lipinski definition) is 1. The molecule has 0 saturated heterocycles. The van der Waals surface area contributed by atoms with Crippen LogP contribution in [0.5, 0.6) is 11.5 Å². The summed E-state index contributed by atoms with van der Waals surface area (Å²) in [5, 5.41) is 2.92. The highest BCUT2D eigenvalue weighted by molar-refractivity contribution is 5.94. The van der Waals surface area contributed by atoms with Gasteiger partial charge in [-0.05, 0) is 43.2 Å². The lowest BCUT2D eigenvalue weighted by Crippen LogP contribution is -2.25. The molecule has 0 aliphatic carbocycles. The minimum absolute atomic E-state index is 0.101. The summed E-state index contributed by atoms with van der Waals surface area (Å²) in [4.78, 5) is 12.1. The average Bonchev–Trinajstić information content (AvgIpc) is 2.56. The highest BCUT2D eigenvalue weighted by Crippen LogP contribution is 2.17. The Morgan fingerprint density at radius 2 is 1.95 bits per heavy atom. The number of ether oxygens (including phenoxy) is 2. The molecular weight excluding hydrogens is 278 g/mol. The summed E-state index contributed by atoms with van der Waals surface area (Å²) in [6.07, 6.45) is 0.723. The number of carbonyl (C=O) groups excluding carboxylic acids is 1. The first-order valence-electron chi connectivity index (χ1n) is 7.37. The van der Waals surface area contributed by atoms with Crippen LogP contribution in [0.1, 0.15) is 22.8 Å². The number of methoxy groups -OCH3 is 1. The van der Waals surface area contributed by atoms with Crippen molar-refractivity contribution in [2.75, 3.05) is 20.3 Å². The lowest BCUT2D eigenvalue weighted by Gasteiger charge is -2.10. The Morgan fingerprint density at radius 3 is 2.73 bits per heavy atom. The van der Waals surface area contributed by atoms with Crippen molar-refractivity contribution in [1.29, 1.82) is 0 Å². The molecule has 2 aromatic rings. The Kier molecular flexibility index (Phi) is 5.83. The number of nitrogens with one attached hydrogen (secondary N) is 1. The second-order valence-electron chi connectivity index (χ2n) is 4.78. The Hall–Kier alpha value is -2.49. The van der Waals surface area contributed by atoms with E-state index in [1.54, 1.807) is 19.2 Å². The maximum atomic E-state index is 12.1. The number of carbonyl (C=O) groups is 1. The summed E-state index contributed by atoms with van der Waals surface area (Å²) < 4.78 is 10.7. The summed E-state index contributed by atoms with van der Waals surface area (Å²) in [5.41, 5.74) is 1.68. The van der Waals surface area contributed by atoms with Crippen molar-refractivity contribution in [1.82, 2.24) is 5.32 Å². The van der Waals surface area contributed by atoms with Crippen molar-refractivity contribution >= 4 is 5.91 Å². The molecule has 0 bridgehead atoms. The van der Waals surface area contributed by atoms with Gasteiger partial charge in [0.15, 0.2) is 0 Å². The molecule has 0 spiro atoms. The number of para-hydroxylation sites is 1. The third-order valence-electron chi connectivity index (χ3n) is 3.28. The number of hydrogen-bond acceptors (Lipinski definition) is 3. The van der Waals surface area contributed by atoms with E-state index in [2.05, 4.69) is 5.32 Å². The maximum Gasteiger partial charge on any atom is 0.251 e. The molecule has 1 amide bonds. The summed E-state index contributed by atoms with van der Waals surface area (Å²) in [6, 6.07) is 15.0. The van der Waals surface area contributed by atoms with Gasteiger partial charge in [0.2, 0.25) is 0 Å².